The molecule has 9 heteroatoms. The highest BCUT2D eigenvalue weighted by Gasteiger charge is 2.24. The summed E-state index contributed by atoms with van der Waals surface area (Å²) in [6, 6.07) is 5.64. The van der Waals surface area contributed by atoms with Gasteiger partial charge in [-0.2, -0.15) is 5.10 Å². The SMILES string of the molecule is CC(C)NC(=O)NC(=O)[C@H](C)OC(=O)c1nn(C)c(=O)c2ccccc12. The molecule has 1 aromatic heterocycles. The monoisotopic (exact) mass is 360 g/mol. The molecule has 0 aliphatic heterocycles. The summed E-state index contributed by atoms with van der Waals surface area (Å²) in [5.41, 5.74) is -0.442. The molecule has 0 aliphatic carbocycles. The fourth-order valence-corrected chi connectivity index (χ4v) is 2.23. The number of carbonyl (C=O) groups excluding carboxylic acids is 3. The van der Waals surface area contributed by atoms with E-state index in [-0.39, 0.29) is 17.3 Å². The van der Waals surface area contributed by atoms with Gasteiger partial charge in [-0.15, -0.1) is 0 Å². The number of rotatable bonds is 4. The van der Waals surface area contributed by atoms with Crippen molar-refractivity contribution in [1.29, 1.82) is 0 Å². The third-order valence-corrected chi connectivity index (χ3v) is 3.46. The number of ether oxygens (including phenoxy) is 1. The lowest BCUT2D eigenvalue weighted by molar-refractivity contribution is -0.127. The van der Waals surface area contributed by atoms with Crippen molar-refractivity contribution in [2.24, 2.45) is 7.05 Å². The van der Waals surface area contributed by atoms with Gasteiger partial charge in [0.15, 0.2) is 11.8 Å². The molecule has 1 atom stereocenters. The standard InChI is InChI=1S/C17H20N4O5/c1-9(2)18-17(25)19-14(22)10(3)26-16(24)13-11-7-5-6-8-12(11)15(23)21(4)20-13/h5-10H,1-4H3,(H2,18,19,22,25)/t10-/m0/s1. The first-order valence-electron chi connectivity index (χ1n) is 7.99. The van der Waals surface area contributed by atoms with Crippen molar-refractivity contribution in [3.63, 3.8) is 0 Å². The maximum atomic E-state index is 12.4. The van der Waals surface area contributed by atoms with E-state index >= 15 is 0 Å². The van der Waals surface area contributed by atoms with E-state index in [1.165, 1.54) is 14.0 Å². The van der Waals surface area contributed by atoms with E-state index in [1.807, 2.05) is 0 Å². The van der Waals surface area contributed by atoms with Gasteiger partial charge in [0.2, 0.25) is 0 Å². The van der Waals surface area contributed by atoms with Crippen LogP contribution in [-0.4, -0.2) is 39.8 Å². The van der Waals surface area contributed by atoms with E-state index in [0.29, 0.717) is 10.8 Å². The molecule has 1 aromatic carbocycles. The number of imide groups is 1. The van der Waals surface area contributed by atoms with Crippen molar-refractivity contribution in [2.45, 2.75) is 32.9 Å². The van der Waals surface area contributed by atoms with Gasteiger partial charge in [0, 0.05) is 18.5 Å². The molecular weight excluding hydrogens is 340 g/mol. The van der Waals surface area contributed by atoms with Crippen molar-refractivity contribution in [1.82, 2.24) is 20.4 Å². The number of nitrogens with zero attached hydrogens (tertiary/aromatic N) is 2. The van der Waals surface area contributed by atoms with E-state index < -0.39 is 24.0 Å². The van der Waals surface area contributed by atoms with Crippen molar-refractivity contribution in [3.05, 3.63) is 40.3 Å². The van der Waals surface area contributed by atoms with Gasteiger partial charge in [0.1, 0.15) is 0 Å². The summed E-state index contributed by atoms with van der Waals surface area (Å²) >= 11 is 0. The van der Waals surface area contributed by atoms with Crippen LogP contribution in [0.3, 0.4) is 0 Å². The van der Waals surface area contributed by atoms with Gasteiger partial charge in [-0.3, -0.25) is 14.9 Å². The molecule has 0 radical (unpaired) electrons. The Bertz CT molecular complexity index is 919. The Balaban J connectivity index is 2.19. The van der Waals surface area contributed by atoms with Crippen molar-refractivity contribution in [3.8, 4) is 0 Å². The average molecular weight is 360 g/mol. The first-order valence-corrected chi connectivity index (χ1v) is 7.99. The second kappa shape index (κ2) is 7.77. The Morgan fingerprint density at radius 3 is 2.35 bits per heavy atom. The zero-order valence-electron chi connectivity index (χ0n) is 14.9. The largest absolute Gasteiger partial charge is 0.448 e. The van der Waals surface area contributed by atoms with E-state index in [2.05, 4.69) is 15.7 Å². The zero-order chi connectivity index (χ0) is 19.4. The number of fused-ring (bicyclic) bond motifs is 1. The summed E-state index contributed by atoms with van der Waals surface area (Å²) in [6.45, 7) is 4.81. The van der Waals surface area contributed by atoms with Crippen molar-refractivity contribution in [2.75, 3.05) is 0 Å². The summed E-state index contributed by atoms with van der Waals surface area (Å²) < 4.78 is 6.13. The zero-order valence-corrected chi connectivity index (χ0v) is 14.9. The third kappa shape index (κ3) is 4.24. The minimum atomic E-state index is -1.22. The molecule has 26 heavy (non-hydrogen) atoms. The van der Waals surface area contributed by atoms with Crippen LogP contribution < -0.4 is 16.2 Å². The minimum Gasteiger partial charge on any atom is -0.448 e. The van der Waals surface area contributed by atoms with Crippen LogP contribution in [0.25, 0.3) is 10.8 Å². The first kappa shape index (κ1) is 19.1. The molecule has 0 fully saturated rings. The second-order valence-corrected chi connectivity index (χ2v) is 5.99. The highest BCUT2D eigenvalue weighted by molar-refractivity contribution is 6.03. The third-order valence-electron chi connectivity index (χ3n) is 3.46. The van der Waals surface area contributed by atoms with E-state index in [1.54, 1.807) is 38.1 Å². The van der Waals surface area contributed by atoms with Crippen LogP contribution in [-0.2, 0) is 16.6 Å². The topological polar surface area (TPSA) is 119 Å². The minimum absolute atomic E-state index is 0.0889. The number of benzene rings is 1. The van der Waals surface area contributed by atoms with E-state index in [0.717, 1.165) is 4.68 Å². The highest BCUT2D eigenvalue weighted by atomic mass is 16.5. The number of aryl methyl sites for hydroxylation is 1. The van der Waals surface area contributed by atoms with E-state index in [4.69, 9.17) is 4.74 Å². The summed E-state index contributed by atoms with van der Waals surface area (Å²) in [5, 5.41) is 9.14. The molecule has 1 heterocycles. The Morgan fingerprint density at radius 1 is 1.12 bits per heavy atom. The molecular formula is C17H20N4O5. The maximum absolute atomic E-state index is 12.4. The number of amides is 3. The summed E-state index contributed by atoms with van der Waals surface area (Å²) in [5.74, 6) is -1.64. The normalized spacial score (nSPS) is 11.9. The molecule has 0 saturated carbocycles. The van der Waals surface area contributed by atoms with Crippen LogP contribution >= 0.6 is 0 Å². The molecule has 0 spiro atoms. The van der Waals surface area contributed by atoms with Crippen LogP contribution in [0.2, 0.25) is 0 Å². The second-order valence-electron chi connectivity index (χ2n) is 5.99. The highest BCUT2D eigenvalue weighted by Crippen LogP contribution is 2.14. The fraction of sp³-hybridized carbons (Fsp3) is 0.353. The van der Waals surface area contributed by atoms with Gasteiger partial charge in [-0.05, 0) is 26.8 Å². The number of hydrogen-bond acceptors (Lipinski definition) is 6. The van der Waals surface area contributed by atoms with Gasteiger partial charge >= 0.3 is 12.0 Å². The van der Waals surface area contributed by atoms with E-state index in [9.17, 15) is 19.2 Å². The van der Waals surface area contributed by atoms with Crippen molar-refractivity contribution < 1.29 is 19.1 Å². The lowest BCUT2D eigenvalue weighted by Gasteiger charge is -2.15. The fourth-order valence-electron chi connectivity index (χ4n) is 2.23. The van der Waals surface area contributed by atoms with Gasteiger partial charge < -0.3 is 10.1 Å². The van der Waals surface area contributed by atoms with Crippen LogP contribution in [0.4, 0.5) is 4.79 Å². The lowest BCUT2D eigenvalue weighted by atomic mass is 10.1. The molecule has 2 aromatic rings. The molecule has 2 rings (SSSR count). The Hall–Kier alpha value is -3.23. The van der Waals surface area contributed by atoms with Crippen LogP contribution in [0, 0.1) is 0 Å². The Labute approximate surface area is 149 Å². The van der Waals surface area contributed by atoms with Crippen LogP contribution in [0.15, 0.2) is 29.1 Å². The van der Waals surface area contributed by atoms with Crippen LogP contribution in [0.5, 0.6) is 0 Å². The number of carbonyl (C=O) groups is 3. The number of nitrogens with one attached hydrogen (secondary N) is 2. The van der Waals surface area contributed by atoms with Gasteiger partial charge in [-0.25, -0.2) is 14.3 Å². The smallest absolute Gasteiger partial charge is 0.360 e. The summed E-state index contributed by atoms with van der Waals surface area (Å²) in [7, 11) is 1.41. The first-order chi connectivity index (χ1) is 12.2. The Morgan fingerprint density at radius 2 is 1.73 bits per heavy atom. The molecule has 138 valence electrons. The molecule has 0 unspecified atom stereocenters. The molecule has 2 N–H and O–H groups in total. The molecule has 3 amide bonds. The van der Waals surface area contributed by atoms with Crippen LogP contribution in [0.1, 0.15) is 31.3 Å². The average Bonchev–Trinajstić information content (AvgIpc) is 2.57. The predicted molar refractivity (Wildman–Crippen MR) is 93.7 cm³/mol. The lowest BCUT2D eigenvalue weighted by Crippen LogP contribution is -2.46. The van der Waals surface area contributed by atoms with Gasteiger partial charge in [0.05, 0.1) is 5.39 Å². The summed E-state index contributed by atoms with van der Waals surface area (Å²) in [6.07, 6.45) is -1.22. The number of esters is 1. The molecule has 0 aliphatic rings. The predicted octanol–water partition coefficient (Wildman–Crippen LogP) is 0.713. The van der Waals surface area contributed by atoms with Gasteiger partial charge in [0.25, 0.3) is 11.5 Å². The quantitative estimate of drug-likeness (QED) is 0.775. The number of urea groups is 1. The molecule has 9 nitrogen and oxygen atoms in total. The maximum Gasteiger partial charge on any atom is 0.360 e. The Kier molecular flexibility index (Phi) is 5.71. The number of aromatic nitrogens is 2. The molecule has 0 saturated heterocycles. The van der Waals surface area contributed by atoms with Crippen molar-refractivity contribution >= 4 is 28.7 Å². The van der Waals surface area contributed by atoms with Gasteiger partial charge in [-0.1, -0.05) is 18.2 Å². The number of hydrogen-bond donors (Lipinski definition) is 2. The summed E-state index contributed by atoms with van der Waals surface area (Å²) in [4.78, 5) is 48.0. The molecule has 0 bridgehead atoms.